The molecule has 0 heterocycles. The van der Waals surface area contributed by atoms with E-state index < -0.39 is 21.8 Å². The van der Waals surface area contributed by atoms with Crippen molar-refractivity contribution in [1.82, 2.24) is 4.31 Å². The molecule has 0 aromatic heterocycles. The van der Waals surface area contributed by atoms with Crippen LogP contribution in [0.25, 0.3) is 0 Å². The first-order valence-corrected chi connectivity index (χ1v) is 10.3. The Morgan fingerprint density at radius 1 is 1.14 bits per heavy atom. The molecule has 158 valence electrons. The standard InChI is InChI=1S/C18H24F3NO5S/c1-22(14-5-7-15(8-6-14)27-12-11-17(23)26-2)28(24,25)16-9-3-13(4-10-16)18(19,20)21/h3-4,9-10,14-15H,5-8,11-12H2,1-2H3. The summed E-state index contributed by atoms with van der Waals surface area (Å²) < 4.78 is 74.8. The molecule has 1 aromatic carbocycles. The molecular weight excluding hydrogens is 399 g/mol. The summed E-state index contributed by atoms with van der Waals surface area (Å²) in [6.07, 6.45) is -1.99. The Labute approximate surface area is 162 Å². The van der Waals surface area contributed by atoms with Crippen LogP contribution >= 0.6 is 0 Å². The van der Waals surface area contributed by atoms with E-state index in [2.05, 4.69) is 4.74 Å². The van der Waals surface area contributed by atoms with Crippen LogP contribution in [0.5, 0.6) is 0 Å². The predicted octanol–water partition coefficient (Wildman–Crippen LogP) is 3.22. The minimum Gasteiger partial charge on any atom is -0.469 e. The zero-order valence-corrected chi connectivity index (χ0v) is 16.6. The van der Waals surface area contributed by atoms with Gasteiger partial charge in [0, 0.05) is 13.1 Å². The van der Waals surface area contributed by atoms with Crippen LogP contribution in [0.2, 0.25) is 0 Å². The largest absolute Gasteiger partial charge is 0.469 e. The van der Waals surface area contributed by atoms with E-state index >= 15 is 0 Å². The summed E-state index contributed by atoms with van der Waals surface area (Å²) in [6.45, 7) is 0.252. The Balaban J connectivity index is 1.93. The number of halogens is 3. The van der Waals surface area contributed by atoms with Gasteiger partial charge in [-0.05, 0) is 49.9 Å². The molecule has 0 spiro atoms. The van der Waals surface area contributed by atoms with Crippen molar-refractivity contribution in [2.45, 2.75) is 55.3 Å². The number of benzene rings is 1. The van der Waals surface area contributed by atoms with Gasteiger partial charge in [0.25, 0.3) is 0 Å². The normalized spacial score (nSPS) is 20.9. The second-order valence-electron chi connectivity index (χ2n) is 6.67. The maximum Gasteiger partial charge on any atom is 0.416 e. The van der Waals surface area contributed by atoms with Gasteiger partial charge in [-0.15, -0.1) is 0 Å². The molecule has 0 aliphatic heterocycles. The summed E-state index contributed by atoms with van der Waals surface area (Å²) in [5, 5.41) is 0. The quantitative estimate of drug-likeness (QED) is 0.630. The van der Waals surface area contributed by atoms with E-state index in [1.54, 1.807) is 0 Å². The number of carbonyl (C=O) groups is 1. The van der Waals surface area contributed by atoms with Gasteiger partial charge >= 0.3 is 12.1 Å². The van der Waals surface area contributed by atoms with Crippen LogP contribution in [-0.4, -0.2) is 51.6 Å². The molecule has 0 amide bonds. The van der Waals surface area contributed by atoms with Crippen molar-refractivity contribution < 1.29 is 35.9 Å². The smallest absolute Gasteiger partial charge is 0.416 e. The lowest BCUT2D eigenvalue weighted by molar-refractivity contribution is -0.142. The second kappa shape index (κ2) is 9.23. The van der Waals surface area contributed by atoms with Gasteiger partial charge in [-0.2, -0.15) is 17.5 Å². The minimum absolute atomic E-state index is 0.0527. The summed E-state index contributed by atoms with van der Waals surface area (Å²) in [5.74, 6) is -0.351. The van der Waals surface area contributed by atoms with E-state index in [-0.39, 0.29) is 36.0 Å². The average Bonchev–Trinajstić information content (AvgIpc) is 2.67. The van der Waals surface area contributed by atoms with Gasteiger partial charge in [0.1, 0.15) is 0 Å². The van der Waals surface area contributed by atoms with Gasteiger partial charge in [0.15, 0.2) is 0 Å². The van der Waals surface area contributed by atoms with Gasteiger partial charge in [-0.25, -0.2) is 8.42 Å². The highest BCUT2D eigenvalue weighted by atomic mass is 32.2. The number of carbonyl (C=O) groups excluding carboxylic acids is 1. The number of nitrogens with zero attached hydrogens (tertiary/aromatic N) is 1. The minimum atomic E-state index is -4.51. The molecule has 2 rings (SSSR count). The van der Waals surface area contributed by atoms with Crippen molar-refractivity contribution in [2.75, 3.05) is 20.8 Å². The molecule has 0 bridgehead atoms. The second-order valence-corrected chi connectivity index (χ2v) is 8.67. The SMILES string of the molecule is COC(=O)CCOC1CCC(N(C)S(=O)(=O)c2ccc(C(F)(F)F)cc2)CC1. The number of sulfonamides is 1. The van der Waals surface area contributed by atoms with Crippen molar-refractivity contribution in [3.8, 4) is 0 Å². The average molecular weight is 423 g/mol. The van der Waals surface area contributed by atoms with Crippen molar-refractivity contribution in [1.29, 1.82) is 0 Å². The molecule has 1 aliphatic carbocycles. The van der Waals surface area contributed by atoms with Gasteiger partial charge in [0.05, 0.1) is 36.7 Å². The fourth-order valence-corrected chi connectivity index (χ4v) is 4.58. The summed E-state index contributed by atoms with van der Waals surface area (Å²) in [7, 11) is -1.14. The molecule has 28 heavy (non-hydrogen) atoms. The summed E-state index contributed by atoms with van der Waals surface area (Å²) in [5.41, 5.74) is -0.890. The topological polar surface area (TPSA) is 72.9 Å². The Hall–Kier alpha value is -1.65. The number of hydrogen-bond acceptors (Lipinski definition) is 5. The molecule has 0 unspecified atom stereocenters. The Morgan fingerprint density at radius 3 is 2.21 bits per heavy atom. The fourth-order valence-electron chi connectivity index (χ4n) is 3.16. The van der Waals surface area contributed by atoms with E-state index in [4.69, 9.17) is 4.74 Å². The molecule has 0 radical (unpaired) electrons. The number of alkyl halides is 3. The van der Waals surface area contributed by atoms with Crippen LogP contribution in [0, 0.1) is 0 Å². The third-order valence-electron chi connectivity index (χ3n) is 4.90. The van der Waals surface area contributed by atoms with Crippen LogP contribution in [0.4, 0.5) is 13.2 Å². The Morgan fingerprint density at radius 2 is 1.71 bits per heavy atom. The van der Waals surface area contributed by atoms with E-state index in [0.29, 0.717) is 25.7 Å². The van der Waals surface area contributed by atoms with Crippen LogP contribution in [0.1, 0.15) is 37.7 Å². The van der Waals surface area contributed by atoms with Crippen molar-refractivity contribution >= 4 is 16.0 Å². The predicted molar refractivity (Wildman–Crippen MR) is 95.0 cm³/mol. The van der Waals surface area contributed by atoms with Crippen molar-refractivity contribution in [3.63, 3.8) is 0 Å². The number of methoxy groups -OCH3 is 1. The number of rotatable bonds is 7. The number of ether oxygens (including phenoxy) is 2. The van der Waals surface area contributed by atoms with Gasteiger partial charge in [-0.3, -0.25) is 4.79 Å². The van der Waals surface area contributed by atoms with E-state index in [9.17, 15) is 26.4 Å². The molecule has 6 nitrogen and oxygen atoms in total. The monoisotopic (exact) mass is 423 g/mol. The maximum absolute atomic E-state index is 12.7. The number of esters is 1. The van der Waals surface area contributed by atoms with Gasteiger partial charge in [0.2, 0.25) is 10.0 Å². The van der Waals surface area contributed by atoms with Gasteiger partial charge < -0.3 is 9.47 Å². The highest BCUT2D eigenvalue weighted by Crippen LogP contribution is 2.31. The first-order chi connectivity index (χ1) is 13.1. The van der Waals surface area contributed by atoms with E-state index in [1.165, 1.54) is 18.5 Å². The molecule has 10 heteroatoms. The van der Waals surface area contributed by atoms with E-state index in [0.717, 1.165) is 24.3 Å². The highest BCUT2D eigenvalue weighted by molar-refractivity contribution is 7.89. The highest BCUT2D eigenvalue weighted by Gasteiger charge is 2.34. The fraction of sp³-hybridized carbons (Fsp3) is 0.611. The lowest BCUT2D eigenvalue weighted by Crippen LogP contribution is -2.40. The van der Waals surface area contributed by atoms with Crippen molar-refractivity contribution in [2.24, 2.45) is 0 Å². The Bertz CT molecular complexity index is 756. The molecule has 1 saturated carbocycles. The first kappa shape index (κ1) is 22.6. The third kappa shape index (κ3) is 5.68. The molecular formula is C18H24F3NO5S. The van der Waals surface area contributed by atoms with Crippen LogP contribution in [-0.2, 0) is 30.5 Å². The summed E-state index contributed by atoms with van der Waals surface area (Å²) >= 11 is 0. The molecule has 1 aliphatic rings. The molecule has 0 atom stereocenters. The van der Waals surface area contributed by atoms with Crippen LogP contribution < -0.4 is 0 Å². The molecule has 0 N–H and O–H groups in total. The van der Waals surface area contributed by atoms with Crippen LogP contribution in [0.3, 0.4) is 0 Å². The first-order valence-electron chi connectivity index (χ1n) is 8.89. The zero-order chi connectivity index (χ0) is 20.9. The molecule has 1 aromatic rings. The van der Waals surface area contributed by atoms with Crippen LogP contribution in [0.15, 0.2) is 29.2 Å². The van der Waals surface area contributed by atoms with Gasteiger partial charge in [-0.1, -0.05) is 0 Å². The van der Waals surface area contributed by atoms with Crippen molar-refractivity contribution in [3.05, 3.63) is 29.8 Å². The molecule has 1 fully saturated rings. The zero-order valence-electron chi connectivity index (χ0n) is 15.7. The van der Waals surface area contributed by atoms with E-state index in [1.807, 2.05) is 0 Å². The lowest BCUT2D eigenvalue weighted by atomic mass is 9.93. The Kier molecular flexibility index (Phi) is 7.46. The number of hydrogen-bond donors (Lipinski definition) is 0. The summed E-state index contributed by atoms with van der Waals surface area (Å²) in [4.78, 5) is 10.9. The maximum atomic E-state index is 12.7. The summed E-state index contributed by atoms with van der Waals surface area (Å²) in [6, 6.07) is 3.25. The lowest BCUT2D eigenvalue weighted by Gasteiger charge is -2.34. The third-order valence-corrected chi connectivity index (χ3v) is 6.83. The molecule has 0 saturated heterocycles.